The number of nitrogens with zero attached hydrogens (tertiary/aromatic N) is 3. The van der Waals surface area contributed by atoms with Crippen LogP contribution in [0.3, 0.4) is 0 Å². The fraction of sp³-hybridized carbons (Fsp3) is 0.529. The van der Waals surface area contributed by atoms with E-state index >= 15 is 0 Å². The highest BCUT2D eigenvalue weighted by Crippen LogP contribution is 2.38. The molecule has 116 valence electrons. The summed E-state index contributed by atoms with van der Waals surface area (Å²) >= 11 is 6.16. The van der Waals surface area contributed by atoms with E-state index in [2.05, 4.69) is 23.7 Å². The van der Waals surface area contributed by atoms with Crippen molar-refractivity contribution in [3.05, 3.63) is 29.2 Å². The monoisotopic (exact) mass is 317 g/mol. The smallest absolute Gasteiger partial charge is 0.138 e. The van der Waals surface area contributed by atoms with E-state index < -0.39 is 0 Å². The van der Waals surface area contributed by atoms with Gasteiger partial charge in [0.2, 0.25) is 0 Å². The lowest BCUT2D eigenvalue weighted by Gasteiger charge is -2.40. The third-order valence-corrected chi connectivity index (χ3v) is 5.41. The summed E-state index contributed by atoms with van der Waals surface area (Å²) in [6.07, 6.45) is 5.13. The van der Waals surface area contributed by atoms with Crippen LogP contribution in [0.1, 0.15) is 31.7 Å². The molecule has 0 N–H and O–H groups in total. The average Bonchev–Trinajstić information content (AvgIpc) is 2.43. The van der Waals surface area contributed by atoms with Crippen molar-refractivity contribution in [1.82, 2.24) is 9.97 Å². The molecule has 22 heavy (non-hydrogen) atoms. The molecule has 4 nitrogen and oxygen atoms in total. The predicted molar refractivity (Wildman–Crippen MR) is 88.7 cm³/mol. The molecule has 2 aromatic rings. The van der Waals surface area contributed by atoms with E-state index in [1.54, 1.807) is 0 Å². The number of hydrogen-bond acceptors (Lipinski definition) is 4. The Bertz CT molecular complexity index is 716. The first-order valence-corrected chi connectivity index (χ1v) is 8.31. The average molecular weight is 318 g/mol. The molecule has 0 radical (unpaired) electrons. The van der Waals surface area contributed by atoms with Crippen LogP contribution in [0.5, 0.6) is 0 Å². The van der Waals surface area contributed by atoms with Gasteiger partial charge in [-0.1, -0.05) is 18.5 Å². The van der Waals surface area contributed by atoms with E-state index in [9.17, 15) is 0 Å². The zero-order valence-electron chi connectivity index (χ0n) is 12.9. The number of hydrogen-bond donors (Lipinski definition) is 0. The van der Waals surface area contributed by atoms with Gasteiger partial charge in [-0.05, 0) is 36.3 Å². The molecule has 0 spiro atoms. The SMILES string of the molecule is CC(c1cnc(N2CCC2C)c2cnc(Cl)cc12)C1COC1. The molecular formula is C17H20ClN3O. The number of fused-ring (bicyclic) bond motifs is 1. The van der Waals surface area contributed by atoms with Crippen molar-refractivity contribution >= 4 is 28.2 Å². The Hall–Kier alpha value is -1.39. The van der Waals surface area contributed by atoms with Gasteiger partial charge in [0.25, 0.3) is 0 Å². The minimum absolute atomic E-state index is 0.421. The highest BCUT2D eigenvalue weighted by Gasteiger charge is 2.30. The minimum Gasteiger partial charge on any atom is -0.381 e. The van der Waals surface area contributed by atoms with Crippen molar-refractivity contribution in [2.24, 2.45) is 5.92 Å². The molecule has 5 heteroatoms. The van der Waals surface area contributed by atoms with Gasteiger partial charge in [0, 0.05) is 36.3 Å². The van der Waals surface area contributed by atoms with Gasteiger partial charge in [-0.3, -0.25) is 0 Å². The van der Waals surface area contributed by atoms with Crippen LogP contribution < -0.4 is 4.90 Å². The number of halogens is 1. The first-order valence-electron chi connectivity index (χ1n) is 7.93. The van der Waals surface area contributed by atoms with Crippen molar-refractivity contribution in [2.45, 2.75) is 32.2 Å². The number of aromatic nitrogens is 2. The van der Waals surface area contributed by atoms with Crippen LogP contribution in [-0.4, -0.2) is 35.8 Å². The van der Waals surface area contributed by atoms with Gasteiger partial charge in [-0.25, -0.2) is 9.97 Å². The van der Waals surface area contributed by atoms with E-state index in [0.717, 1.165) is 31.0 Å². The molecule has 0 bridgehead atoms. The Morgan fingerprint density at radius 3 is 2.68 bits per heavy atom. The minimum atomic E-state index is 0.421. The molecule has 2 fully saturated rings. The normalized spacial score (nSPS) is 23.2. The Morgan fingerprint density at radius 1 is 1.27 bits per heavy atom. The fourth-order valence-corrected chi connectivity index (χ4v) is 3.49. The molecule has 4 heterocycles. The van der Waals surface area contributed by atoms with Gasteiger partial charge in [-0.15, -0.1) is 0 Å². The second-order valence-corrected chi connectivity index (χ2v) is 6.89. The van der Waals surface area contributed by atoms with E-state index in [0.29, 0.717) is 23.0 Å². The van der Waals surface area contributed by atoms with Crippen LogP contribution in [0.15, 0.2) is 18.5 Å². The molecule has 2 saturated heterocycles. The van der Waals surface area contributed by atoms with Crippen LogP contribution in [0, 0.1) is 5.92 Å². The number of rotatable bonds is 3. The Morgan fingerprint density at radius 2 is 2.09 bits per heavy atom. The number of ether oxygens (including phenoxy) is 1. The van der Waals surface area contributed by atoms with Gasteiger partial charge in [0.05, 0.1) is 13.2 Å². The maximum Gasteiger partial charge on any atom is 0.138 e. The van der Waals surface area contributed by atoms with E-state index in [4.69, 9.17) is 21.3 Å². The zero-order chi connectivity index (χ0) is 15.3. The largest absolute Gasteiger partial charge is 0.381 e. The molecule has 0 aliphatic carbocycles. The summed E-state index contributed by atoms with van der Waals surface area (Å²) in [6, 6.07) is 2.53. The standard InChI is InChI=1S/C17H20ClN3O/c1-10-3-4-21(10)17-15-7-19-16(18)5-13(15)14(6-20-17)11(2)12-8-22-9-12/h5-7,10-12H,3-4,8-9H2,1-2H3. The topological polar surface area (TPSA) is 38.2 Å². The van der Waals surface area contributed by atoms with Gasteiger partial charge in [0.1, 0.15) is 11.0 Å². The number of pyridine rings is 2. The third kappa shape index (κ3) is 2.17. The molecule has 2 aromatic heterocycles. The summed E-state index contributed by atoms with van der Waals surface area (Å²) in [5.41, 5.74) is 1.25. The van der Waals surface area contributed by atoms with Crippen molar-refractivity contribution in [2.75, 3.05) is 24.7 Å². The lowest BCUT2D eigenvalue weighted by molar-refractivity contribution is -0.0422. The van der Waals surface area contributed by atoms with Crippen LogP contribution in [0.25, 0.3) is 10.8 Å². The predicted octanol–water partition coefficient (Wildman–Crippen LogP) is 3.63. The Labute approximate surface area is 135 Å². The lowest BCUT2D eigenvalue weighted by Crippen LogP contribution is -2.46. The lowest BCUT2D eigenvalue weighted by atomic mass is 9.85. The fourth-order valence-electron chi connectivity index (χ4n) is 3.34. The van der Waals surface area contributed by atoms with Crippen LogP contribution in [0.4, 0.5) is 5.82 Å². The van der Waals surface area contributed by atoms with Gasteiger partial charge in [0.15, 0.2) is 0 Å². The summed E-state index contributed by atoms with van der Waals surface area (Å²) < 4.78 is 5.35. The second kappa shape index (κ2) is 5.36. The maximum absolute atomic E-state index is 6.16. The molecule has 2 aliphatic rings. The summed E-state index contributed by atoms with van der Waals surface area (Å²) in [5, 5.41) is 2.84. The van der Waals surface area contributed by atoms with Crippen LogP contribution >= 0.6 is 11.6 Å². The summed E-state index contributed by atoms with van der Waals surface area (Å²) in [5.74, 6) is 2.04. The quantitative estimate of drug-likeness (QED) is 0.810. The van der Waals surface area contributed by atoms with Gasteiger partial charge in [-0.2, -0.15) is 0 Å². The first kappa shape index (κ1) is 14.2. The summed E-state index contributed by atoms with van der Waals surface area (Å²) in [7, 11) is 0. The highest BCUT2D eigenvalue weighted by molar-refractivity contribution is 6.30. The maximum atomic E-state index is 6.16. The zero-order valence-corrected chi connectivity index (χ0v) is 13.7. The summed E-state index contributed by atoms with van der Waals surface area (Å²) in [6.45, 7) is 7.24. The van der Waals surface area contributed by atoms with E-state index in [1.165, 1.54) is 17.4 Å². The molecule has 4 rings (SSSR count). The van der Waals surface area contributed by atoms with Crippen LogP contribution in [0.2, 0.25) is 5.15 Å². The molecule has 0 amide bonds. The van der Waals surface area contributed by atoms with E-state index in [-0.39, 0.29) is 0 Å². The molecule has 2 unspecified atom stereocenters. The highest BCUT2D eigenvalue weighted by atomic mass is 35.5. The van der Waals surface area contributed by atoms with Crippen molar-refractivity contribution in [1.29, 1.82) is 0 Å². The van der Waals surface area contributed by atoms with Crippen molar-refractivity contribution in [3.8, 4) is 0 Å². The van der Waals surface area contributed by atoms with Crippen LogP contribution in [-0.2, 0) is 4.74 Å². The van der Waals surface area contributed by atoms with E-state index in [1.807, 2.05) is 18.5 Å². The molecule has 0 saturated carbocycles. The third-order valence-electron chi connectivity index (χ3n) is 5.20. The molecular weight excluding hydrogens is 298 g/mol. The Balaban J connectivity index is 1.84. The number of anilines is 1. The first-order chi connectivity index (χ1) is 10.6. The molecule has 0 aromatic carbocycles. The van der Waals surface area contributed by atoms with Gasteiger partial charge >= 0.3 is 0 Å². The Kier molecular flexibility index (Phi) is 3.46. The second-order valence-electron chi connectivity index (χ2n) is 6.51. The molecule has 2 atom stereocenters. The van der Waals surface area contributed by atoms with Gasteiger partial charge < -0.3 is 9.64 Å². The van der Waals surface area contributed by atoms with Crippen molar-refractivity contribution in [3.63, 3.8) is 0 Å². The molecule has 2 aliphatic heterocycles. The summed E-state index contributed by atoms with van der Waals surface area (Å²) in [4.78, 5) is 11.4. The van der Waals surface area contributed by atoms with Crippen molar-refractivity contribution < 1.29 is 4.74 Å².